The second-order valence-corrected chi connectivity index (χ2v) is 4.50. The van der Waals surface area contributed by atoms with Crippen LogP contribution in [-0.4, -0.2) is 0 Å². The fourth-order valence-corrected chi connectivity index (χ4v) is 2.38. The van der Waals surface area contributed by atoms with Crippen LogP contribution in [0, 0.1) is 5.13 Å². The zero-order chi connectivity index (χ0) is 9.42. The third kappa shape index (κ3) is 1.46. The van der Waals surface area contributed by atoms with Crippen LogP contribution in [0.5, 0.6) is 0 Å². The first-order valence-corrected chi connectivity index (χ1v) is 5.18. The van der Waals surface area contributed by atoms with E-state index in [1.54, 1.807) is 6.07 Å². The molecule has 68 valence electrons. The van der Waals surface area contributed by atoms with Crippen molar-refractivity contribution in [1.82, 2.24) is 0 Å². The normalized spacial score (nSPS) is 11.4. The van der Waals surface area contributed by atoms with Gasteiger partial charge in [-0.3, -0.25) is 0 Å². The largest absolute Gasteiger partial charge is 0.195 e. The number of hydrogen-bond acceptors (Lipinski definition) is 1. The van der Waals surface area contributed by atoms with Crippen molar-refractivity contribution in [2.24, 2.45) is 0 Å². The van der Waals surface area contributed by atoms with Crippen molar-refractivity contribution < 1.29 is 4.39 Å². The van der Waals surface area contributed by atoms with E-state index in [0.29, 0.717) is 5.92 Å². The summed E-state index contributed by atoms with van der Waals surface area (Å²) in [4.78, 5) is 0. The van der Waals surface area contributed by atoms with Gasteiger partial charge in [0.25, 0.3) is 0 Å². The molecule has 0 fully saturated rings. The summed E-state index contributed by atoms with van der Waals surface area (Å²) in [6.07, 6.45) is 0. The summed E-state index contributed by atoms with van der Waals surface area (Å²) in [5.74, 6) is 0.456. The Kier molecular flexibility index (Phi) is 2.08. The van der Waals surface area contributed by atoms with Crippen molar-refractivity contribution in [3.63, 3.8) is 0 Å². The van der Waals surface area contributed by atoms with E-state index in [-0.39, 0.29) is 5.13 Å². The fraction of sp³-hybridized carbons (Fsp3) is 0.273. The van der Waals surface area contributed by atoms with E-state index in [1.807, 2.05) is 12.1 Å². The molecule has 0 amide bonds. The highest BCUT2D eigenvalue weighted by Crippen LogP contribution is 2.30. The highest BCUT2D eigenvalue weighted by atomic mass is 32.1. The Morgan fingerprint density at radius 2 is 2.08 bits per heavy atom. The quantitative estimate of drug-likeness (QED) is 0.639. The third-order valence-corrected chi connectivity index (χ3v) is 3.08. The maximum absolute atomic E-state index is 13.0. The molecule has 13 heavy (non-hydrogen) atoms. The molecule has 0 aliphatic carbocycles. The van der Waals surface area contributed by atoms with Crippen LogP contribution in [0.15, 0.2) is 24.3 Å². The van der Waals surface area contributed by atoms with Gasteiger partial charge in [-0.25, -0.2) is 0 Å². The van der Waals surface area contributed by atoms with Crippen LogP contribution in [0.25, 0.3) is 10.1 Å². The van der Waals surface area contributed by atoms with Gasteiger partial charge in [-0.1, -0.05) is 26.0 Å². The van der Waals surface area contributed by atoms with E-state index in [4.69, 9.17) is 0 Å². The molecule has 0 N–H and O–H groups in total. The molecule has 0 saturated heterocycles. The van der Waals surface area contributed by atoms with Crippen molar-refractivity contribution in [3.8, 4) is 0 Å². The van der Waals surface area contributed by atoms with Crippen LogP contribution in [0.1, 0.15) is 25.3 Å². The number of benzene rings is 1. The first kappa shape index (κ1) is 8.70. The van der Waals surface area contributed by atoms with E-state index < -0.39 is 0 Å². The lowest BCUT2D eigenvalue weighted by Gasteiger charge is -2.05. The number of thiophene rings is 1. The standard InChI is InChI=1S/C11H11FS/c1-7(2)8-4-3-5-10-9(8)6-11(12)13-10/h3-7H,1-2H3. The van der Waals surface area contributed by atoms with Crippen molar-refractivity contribution in [2.45, 2.75) is 19.8 Å². The third-order valence-electron chi connectivity index (χ3n) is 2.19. The summed E-state index contributed by atoms with van der Waals surface area (Å²) in [5, 5.41) is 0.975. The molecule has 1 heterocycles. The summed E-state index contributed by atoms with van der Waals surface area (Å²) >= 11 is 1.22. The Bertz CT molecular complexity index is 429. The first-order chi connectivity index (χ1) is 6.18. The van der Waals surface area contributed by atoms with Gasteiger partial charge >= 0.3 is 0 Å². The SMILES string of the molecule is CC(C)c1cccc2sc(F)cc12. The van der Waals surface area contributed by atoms with Gasteiger partial charge < -0.3 is 0 Å². The summed E-state index contributed by atoms with van der Waals surface area (Å²) in [5.41, 5.74) is 1.23. The van der Waals surface area contributed by atoms with Crippen molar-refractivity contribution in [2.75, 3.05) is 0 Å². The van der Waals surface area contributed by atoms with E-state index in [1.165, 1.54) is 16.9 Å². The molecule has 0 spiro atoms. The highest BCUT2D eigenvalue weighted by molar-refractivity contribution is 7.17. The Labute approximate surface area is 81.0 Å². The zero-order valence-electron chi connectivity index (χ0n) is 7.67. The van der Waals surface area contributed by atoms with Crippen LogP contribution in [0.3, 0.4) is 0 Å². The van der Waals surface area contributed by atoms with Gasteiger partial charge in [-0.05, 0) is 29.0 Å². The van der Waals surface area contributed by atoms with Crippen LogP contribution < -0.4 is 0 Å². The summed E-state index contributed by atoms with van der Waals surface area (Å²) in [6, 6.07) is 7.66. The number of fused-ring (bicyclic) bond motifs is 1. The second kappa shape index (κ2) is 3.11. The van der Waals surface area contributed by atoms with Crippen molar-refractivity contribution in [1.29, 1.82) is 0 Å². The topological polar surface area (TPSA) is 0 Å². The van der Waals surface area contributed by atoms with Gasteiger partial charge in [0.2, 0.25) is 0 Å². The first-order valence-electron chi connectivity index (χ1n) is 4.36. The van der Waals surface area contributed by atoms with E-state index in [2.05, 4.69) is 19.9 Å². The molecule has 0 radical (unpaired) electrons. The molecule has 0 atom stereocenters. The molecule has 1 aromatic carbocycles. The Morgan fingerprint density at radius 3 is 2.77 bits per heavy atom. The van der Waals surface area contributed by atoms with E-state index >= 15 is 0 Å². The van der Waals surface area contributed by atoms with Gasteiger partial charge in [0.1, 0.15) is 0 Å². The van der Waals surface area contributed by atoms with Gasteiger partial charge in [0, 0.05) is 4.70 Å². The lowest BCUT2D eigenvalue weighted by molar-refractivity contribution is 0.658. The van der Waals surface area contributed by atoms with Crippen molar-refractivity contribution >= 4 is 21.4 Å². The summed E-state index contributed by atoms with van der Waals surface area (Å²) in [6.45, 7) is 4.26. The highest BCUT2D eigenvalue weighted by Gasteiger charge is 2.07. The van der Waals surface area contributed by atoms with Gasteiger partial charge in [-0.15, -0.1) is 11.3 Å². The molecule has 0 unspecified atom stereocenters. The average molecular weight is 194 g/mol. The number of hydrogen-bond donors (Lipinski definition) is 0. The minimum Gasteiger partial charge on any atom is -0.195 e. The average Bonchev–Trinajstić information content (AvgIpc) is 2.43. The predicted octanol–water partition coefficient (Wildman–Crippen LogP) is 4.16. The van der Waals surface area contributed by atoms with Gasteiger partial charge in [-0.2, -0.15) is 4.39 Å². The molecule has 0 aliphatic rings. The van der Waals surface area contributed by atoms with Crippen LogP contribution >= 0.6 is 11.3 Å². The number of halogens is 1. The number of rotatable bonds is 1. The van der Waals surface area contributed by atoms with Gasteiger partial charge in [0.05, 0.1) is 0 Å². The summed E-state index contributed by atoms with van der Waals surface area (Å²) in [7, 11) is 0. The molecule has 0 bridgehead atoms. The van der Waals surface area contributed by atoms with Crippen LogP contribution in [-0.2, 0) is 0 Å². The Morgan fingerprint density at radius 1 is 1.31 bits per heavy atom. The maximum atomic E-state index is 13.0. The molecular weight excluding hydrogens is 183 g/mol. The Hall–Kier alpha value is -0.890. The monoisotopic (exact) mass is 194 g/mol. The molecule has 0 aliphatic heterocycles. The van der Waals surface area contributed by atoms with Gasteiger partial charge in [0.15, 0.2) is 5.13 Å². The van der Waals surface area contributed by atoms with E-state index in [0.717, 1.165) is 10.1 Å². The smallest absolute Gasteiger partial charge is 0.177 e. The minimum absolute atomic E-state index is 0.0944. The van der Waals surface area contributed by atoms with Crippen molar-refractivity contribution in [3.05, 3.63) is 35.0 Å². The zero-order valence-corrected chi connectivity index (χ0v) is 8.49. The lowest BCUT2D eigenvalue weighted by Crippen LogP contribution is -1.86. The molecule has 0 nitrogen and oxygen atoms in total. The molecule has 2 heteroatoms. The lowest BCUT2D eigenvalue weighted by atomic mass is 10.00. The molecule has 2 aromatic rings. The van der Waals surface area contributed by atoms with E-state index in [9.17, 15) is 4.39 Å². The Balaban J connectivity index is 2.75. The maximum Gasteiger partial charge on any atom is 0.177 e. The van der Waals surface area contributed by atoms with Crippen LogP contribution in [0.2, 0.25) is 0 Å². The molecule has 0 saturated carbocycles. The predicted molar refractivity (Wildman–Crippen MR) is 55.9 cm³/mol. The minimum atomic E-state index is -0.0944. The fourth-order valence-electron chi connectivity index (χ4n) is 1.56. The molecule has 2 rings (SSSR count). The second-order valence-electron chi connectivity index (χ2n) is 3.46. The van der Waals surface area contributed by atoms with Crippen LogP contribution in [0.4, 0.5) is 4.39 Å². The molecule has 1 aromatic heterocycles. The summed E-state index contributed by atoms with van der Waals surface area (Å²) < 4.78 is 14.0. The molecular formula is C11H11FS.